The molecule has 2 aromatic rings. The fraction of sp³-hybridized carbons (Fsp3) is 0.400. The molecule has 6 heteroatoms. The molecule has 1 unspecified atom stereocenters. The molecule has 1 amide bonds. The second-order valence-corrected chi connectivity index (χ2v) is 6.56. The van der Waals surface area contributed by atoms with Crippen molar-refractivity contribution in [2.75, 3.05) is 23.8 Å². The van der Waals surface area contributed by atoms with Crippen molar-refractivity contribution in [3.05, 3.63) is 48.2 Å². The largest absolute Gasteiger partial charge is 0.489 e. The van der Waals surface area contributed by atoms with E-state index in [9.17, 15) is 4.79 Å². The fourth-order valence-corrected chi connectivity index (χ4v) is 2.81. The van der Waals surface area contributed by atoms with E-state index in [1.165, 1.54) is 0 Å². The number of benzene rings is 1. The van der Waals surface area contributed by atoms with E-state index in [1.54, 1.807) is 18.3 Å². The maximum absolute atomic E-state index is 12.6. The SMILES string of the molecule is CC(C)Oc1ccccc1NC(=O)c1ccnc(NCC2CCCO2)c1. The second kappa shape index (κ2) is 8.67. The summed E-state index contributed by atoms with van der Waals surface area (Å²) in [6, 6.07) is 10.9. The van der Waals surface area contributed by atoms with Crippen LogP contribution in [-0.4, -0.2) is 36.3 Å². The summed E-state index contributed by atoms with van der Waals surface area (Å²) in [7, 11) is 0. The Morgan fingerprint density at radius 3 is 2.96 bits per heavy atom. The Morgan fingerprint density at radius 1 is 1.35 bits per heavy atom. The van der Waals surface area contributed by atoms with Gasteiger partial charge in [0.15, 0.2) is 0 Å². The van der Waals surface area contributed by atoms with Gasteiger partial charge in [0.25, 0.3) is 5.91 Å². The normalized spacial score (nSPS) is 16.5. The van der Waals surface area contributed by atoms with Crippen LogP contribution in [0.5, 0.6) is 5.75 Å². The van der Waals surface area contributed by atoms with Gasteiger partial charge in [-0.3, -0.25) is 4.79 Å². The highest BCUT2D eigenvalue weighted by Crippen LogP contribution is 2.25. The zero-order valence-electron chi connectivity index (χ0n) is 15.2. The summed E-state index contributed by atoms with van der Waals surface area (Å²) in [4.78, 5) is 16.9. The minimum absolute atomic E-state index is 0.0302. The number of rotatable bonds is 7. The molecule has 0 radical (unpaired) electrons. The quantitative estimate of drug-likeness (QED) is 0.792. The van der Waals surface area contributed by atoms with Crippen LogP contribution in [0.3, 0.4) is 0 Å². The monoisotopic (exact) mass is 355 g/mol. The molecule has 0 aliphatic carbocycles. The number of hydrogen-bond acceptors (Lipinski definition) is 5. The van der Waals surface area contributed by atoms with Crippen LogP contribution < -0.4 is 15.4 Å². The molecule has 138 valence electrons. The molecule has 1 atom stereocenters. The maximum atomic E-state index is 12.6. The lowest BCUT2D eigenvalue weighted by Crippen LogP contribution is -2.19. The van der Waals surface area contributed by atoms with Crippen LogP contribution in [-0.2, 0) is 4.74 Å². The molecule has 1 saturated heterocycles. The molecule has 2 heterocycles. The first-order chi connectivity index (χ1) is 12.6. The number of nitrogens with zero attached hydrogens (tertiary/aromatic N) is 1. The molecular weight excluding hydrogens is 330 g/mol. The summed E-state index contributed by atoms with van der Waals surface area (Å²) in [6.07, 6.45) is 4.03. The molecule has 1 aromatic carbocycles. The van der Waals surface area contributed by atoms with Gasteiger partial charge in [0.05, 0.1) is 17.9 Å². The number of nitrogens with one attached hydrogen (secondary N) is 2. The Hall–Kier alpha value is -2.60. The van der Waals surface area contributed by atoms with Crippen molar-refractivity contribution in [1.82, 2.24) is 4.98 Å². The van der Waals surface area contributed by atoms with Gasteiger partial charge in [-0.05, 0) is 51.0 Å². The topological polar surface area (TPSA) is 72.5 Å². The molecule has 1 aliphatic rings. The van der Waals surface area contributed by atoms with Gasteiger partial charge in [0, 0.05) is 24.9 Å². The third-order valence-electron chi connectivity index (χ3n) is 4.05. The number of para-hydroxylation sites is 2. The first-order valence-electron chi connectivity index (χ1n) is 9.00. The molecule has 0 bridgehead atoms. The number of anilines is 2. The Morgan fingerprint density at radius 2 is 2.19 bits per heavy atom. The smallest absolute Gasteiger partial charge is 0.255 e. The van der Waals surface area contributed by atoms with Crippen molar-refractivity contribution >= 4 is 17.4 Å². The van der Waals surface area contributed by atoms with Crippen molar-refractivity contribution in [3.8, 4) is 5.75 Å². The van der Waals surface area contributed by atoms with Crippen LogP contribution in [0.4, 0.5) is 11.5 Å². The standard InChI is InChI=1S/C20H25N3O3/c1-14(2)26-18-8-4-3-7-17(18)23-20(24)15-9-10-21-19(12-15)22-13-16-6-5-11-25-16/h3-4,7-10,12,14,16H,5-6,11,13H2,1-2H3,(H,21,22)(H,23,24). The number of ether oxygens (including phenoxy) is 2. The summed E-state index contributed by atoms with van der Waals surface area (Å²) in [6.45, 7) is 5.42. The van der Waals surface area contributed by atoms with Crippen LogP contribution in [0.25, 0.3) is 0 Å². The van der Waals surface area contributed by atoms with Crippen LogP contribution in [0.15, 0.2) is 42.6 Å². The molecule has 0 spiro atoms. The first kappa shape index (κ1) is 18.2. The van der Waals surface area contributed by atoms with Gasteiger partial charge in [0.2, 0.25) is 0 Å². The van der Waals surface area contributed by atoms with Gasteiger partial charge in [-0.1, -0.05) is 12.1 Å². The van der Waals surface area contributed by atoms with Crippen molar-refractivity contribution in [3.63, 3.8) is 0 Å². The molecular formula is C20H25N3O3. The van der Waals surface area contributed by atoms with E-state index in [2.05, 4.69) is 15.6 Å². The van der Waals surface area contributed by atoms with Gasteiger partial charge in [0.1, 0.15) is 11.6 Å². The Labute approximate surface area is 153 Å². The highest BCUT2D eigenvalue weighted by Gasteiger charge is 2.16. The van der Waals surface area contributed by atoms with Crippen molar-refractivity contribution < 1.29 is 14.3 Å². The second-order valence-electron chi connectivity index (χ2n) is 6.56. The number of amides is 1. The first-order valence-corrected chi connectivity index (χ1v) is 9.00. The number of carbonyl (C=O) groups is 1. The summed E-state index contributed by atoms with van der Waals surface area (Å²) in [5.74, 6) is 1.12. The fourth-order valence-electron chi connectivity index (χ4n) is 2.81. The number of carbonyl (C=O) groups excluding carboxylic acids is 1. The summed E-state index contributed by atoms with van der Waals surface area (Å²) >= 11 is 0. The minimum Gasteiger partial charge on any atom is -0.489 e. The van der Waals surface area contributed by atoms with E-state index < -0.39 is 0 Å². The van der Waals surface area contributed by atoms with Gasteiger partial charge < -0.3 is 20.1 Å². The molecule has 1 aromatic heterocycles. The zero-order chi connectivity index (χ0) is 18.4. The summed E-state index contributed by atoms with van der Waals surface area (Å²) in [5, 5.41) is 6.15. The van der Waals surface area contributed by atoms with E-state index in [-0.39, 0.29) is 18.1 Å². The van der Waals surface area contributed by atoms with Gasteiger partial charge in [-0.25, -0.2) is 4.98 Å². The summed E-state index contributed by atoms with van der Waals surface area (Å²) in [5.41, 5.74) is 1.19. The number of pyridine rings is 1. The van der Waals surface area contributed by atoms with Gasteiger partial charge >= 0.3 is 0 Å². The van der Waals surface area contributed by atoms with E-state index in [4.69, 9.17) is 9.47 Å². The molecule has 2 N–H and O–H groups in total. The van der Waals surface area contributed by atoms with Crippen molar-refractivity contribution in [2.24, 2.45) is 0 Å². The minimum atomic E-state index is -0.202. The molecule has 26 heavy (non-hydrogen) atoms. The Kier molecular flexibility index (Phi) is 6.07. The predicted molar refractivity (Wildman–Crippen MR) is 102 cm³/mol. The molecule has 3 rings (SSSR count). The van der Waals surface area contributed by atoms with E-state index in [1.807, 2.05) is 38.1 Å². The third-order valence-corrected chi connectivity index (χ3v) is 4.05. The summed E-state index contributed by atoms with van der Waals surface area (Å²) < 4.78 is 11.3. The van der Waals surface area contributed by atoms with E-state index >= 15 is 0 Å². The molecule has 0 saturated carbocycles. The lowest BCUT2D eigenvalue weighted by Gasteiger charge is -2.15. The predicted octanol–water partition coefficient (Wildman–Crippen LogP) is 3.71. The Bertz CT molecular complexity index is 743. The molecule has 1 aliphatic heterocycles. The van der Waals surface area contributed by atoms with E-state index in [0.29, 0.717) is 29.4 Å². The van der Waals surface area contributed by atoms with Crippen LogP contribution in [0.1, 0.15) is 37.0 Å². The van der Waals surface area contributed by atoms with Crippen LogP contribution >= 0.6 is 0 Å². The number of aromatic nitrogens is 1. The lowest BCUT2D eigenvalue weighted by atomic mass is 10.2. The zero-order valence-corrected chi connectivity index (χ0v) is 15.2. The van der Waals surface area contributed by atoms with Crippen LogP contribution in [0, 0.1) is 0 Å². The maximum Gasteiger partial charge on any atom is 0.255 e. The lowest BCUT2D eigenvalue weighted by molar-refractivity contribution is 0.102. The highest BCUT2D eigenvalue weighted by molar-refractivity contribution is 6.05. The van der Waals surface area contributed by atoms with Crippen LogP contribution in [0.2, 0.25) is 0 Å². The van der Waals surface area contributed by atoms with E-state index in [0.717, 1.165) is 19.4 Å². The van der Waals surface area contributed by atoms with Gasteiger partial charge in [-0.2, -0.15) is 0 Å². The average Bonchev–Trinajstić information content (AvgIpc) is 3.15. The van der Waals surface area contributed by atoms with Crippen molar-refractivity contribution in [1.29, 1.82) is 0 Å². The third kappa shape index (κ3) is 4.95. The molecule has 1 fully saturated rings. The van der Waals surface area contributed by atoms with Crippen molar-refractivity contribution in [2.45, 2.75) is 38.9 Å². The highest BCUT2D eigenvalue weighted by atomic mass is 16.5. The average molecular weight is 355 g/mol. The van der Waals surface area contributed by atoms with Gasteiger partial charge in [-0.15, -0.1) is 0 Å². The number of hydrogen-bond donors (Lipinski definition) is 2. The molecule has 6 nitrogen and oxygen atoms in total. The Balaban J connectivity index is 1.65.